The molecule has 120 valence electrons. The van der Waals surface area contributed by atoms with Gasteiger partial charge in [0.1, 0.15) is 5.37 Å². The second kappa shape index (κ2) is 7.41. The number of halogens is 1. The molecule has 4 heteroatoms. The highest BCUT2D eigenvalue weighted by molar-refractivity contribution is 7.99. The van der Waals surface area contributed by atoms with E-state index in [1.165, 1.54) is 0 Å². The average molecular weight is 346 g/mol. The van der Waals surface area contributed by atoms with Crippen LogP contribution in [0, 0.1) is 0 Å². The summed E-state index contributed by atoms with van der Waals surface area (Å²) in [5.74, 6) is 1.11. The standard InChI is InChI=1S/C19H20ClNOS/c1-2-17(14-7-4-3-5-8-14)18(22)21-11-12-23-19(21)15-9-6-10-16(20)13-15/h3-10,13,17,19H,2,11-12H2,1H3/t17-,19+/m1/s1. The quantitative estimate of drug-likeness (QED) is 0.767. The van der Waals surface area contributed by atoms with Crippen molar-refractivity contribution in [1.82, 2.24) is 4.90 Å². The third-order valence-corrected chi connectivity index (χ3v) is 5.71. The van der Waals surface area contributed by atoms with Gasteiger partial charge in [0.2, 0.25) is 5.91 Å². The van der Waals surface area contributed by atoms with Crippen LogP contribution in [0.3, 0.4) is 0 Å². The lowest BCUT2D eigenvalue weighted by molar-refractivity contribution is -0.133. The van der Waals surface area contributed by atoms with Gasteiger partial charge in [-0.25, -0.2) is 0 Å². The number of amides is 1. The molecule has 1 amide bonds. The maximum Gasteiger partial charge on any atom is 0.231 e. The summed E-state index contributed by atoms with van der Waals surface area (Å²) in [5, 5.41) is 0.788. The summed E-state index contributed by atoms with van der Waals surface area (Å²) in [7, 11) is 0. The minimum atomic E-state index is -0.0726. The van der Waals surface area contributed by atoms with E-state index in [1.54, 1.807) is 0 Å². The summed E-state index contributed by atoms with van der Waals surface area (Å²) in [6.45, 7) is 2.87. The maximum atomic E-state index is 13.1. The van der Waals surface area contributed by atoms with E-state index in [1.807, 2.05) is 65.2 Å². The number of nitrogens with zero attached hydrogens (tertiary/aromatic N) is 1. The van der Waals surface area contributed by atoms with Crippen LogP contribution in [-0.2, 0) is 4.79 Å². The van der Waals surface area contributed by atoms with E-state index < -0.39 is 0 Å². The molecule has 1 saturated heterocycles. The molecule has 2 aromatic carbocycles. The fourth-order valence-corrected chi connectivity index (χ4v) is 4.52. The number of carbonyl (C=O) groups is 1. The first kappa shape index (κ1) is 16.4. The van der Waals surface area contributed by atoms with Gasteiger partial charge < -0.3 is 4.90 Å². The van der Waals surface area contributed by atoms with Crippen molar-refractivity contribution in [2.45, 2.75) is 24.6 Å². The molecule has 2 nitrogen and oxygen atoms in total. The Morgan fingerprint density at radius 2 is 2.04 bits per heavy atom. The highest BCUT2D eigenvalue weighted by Gasteiger charge is 2.34. The van der Waals surface area contributed by atoms with Crippen molar-refractivity contribution in [2.24, 2.45) is 0 Å². The zero-order valence-electron chi connectivity index (χ0n) is 13.1. The van der Waals surface area contributed by atoms with Gasteiger partial charge in [-0.1, -0.05) is 61.0 Å². The second-order valence-electron chi connectivity index (χ2n) is 5.68. The smallest absolute Gasteiger partial charge is 0.231 e. The van der Waals surface area contributed by atoms with Gasteiger partial charge in [-0.3, -0.25) is 4.79 Å². The predicted octanol–water partition coefficient (Wildman–Crippen LogP) is 5.11. The zero-order valence-corrected chi connectivity index (χ0v) is 14.7. The fourth-order valence-electron chi connectivity index (χ4n) is 3.07. The number of hydrogen-bond acceptors (Lipinski definition) is 2. The van der Waals surface area contributed by atoms with Crippen LogP contribution in [0.1, 0.15) is 35.8 Å². The Morgan fingerprint density at radius 1 is 1.26 bits per heavy atom. The minimum Gasteiger partial charge on any atom is -0.325 e. The molecule has 1 aliphatic rings. The predicted molar refractivity (Wildman–Crippen MR) is 97.8 cm³/mol. The number of rotatable bonds is 4. The van der Waals surface area contributed by atoms with Gasteiger partial charge in [0.15, 0.2) is 0 Å². The first-order valence-electron chi connectivity index (χ1n) is 7.93. The molecule has 3 rings (SSSR count). The van der Waals surface area contributed by atoms with Gasteiger partial charge in [0, 0.05) is 17.3 Å². The second-order valence-corrected chi connectivity index (χ2v) is 7.31. The molecule has 0 N–H and O–H groups in total. The molecule has 0 unspecified atom stereocenters. The summed E-state index contributed by atoms with van der Waals surface area (Å²) in [6.07, 6.45) is 0.812. The molecular weight excluding hydrogens is 326 g/mol. The summed E-state index contributed by atoms with van der Waals surface area (Å²) in [4.78, 5) is 15.1. The average Bonchev–Trinajstić information content (AvgIpc) is 3.06. The molecule has 2 atom stereocenters. The van der Waals surface area contributed by atoms with Crippen LogP contribution in [0.4, 0.5) is 0 Å². The first-order chi connectivity index (χ1) is 11.2. The molecule has 0 radical (unpaired) electrons. The Bertz CT molecular complexity index is 676. The fraction of sp³-hybridized carbons (Fsp3) is 0.316. The van der Waals surface area contributed by atoms with Gasteiger partial charge in [0.05, 0.1) is 5.92 Å². The van der Waals surface area contributed by atoms with E-state index in [9.17, 15) is 4.79 Å². The van der Waals surface area contributed by atoms with Crippen molar-refractivity contribution >= 4 is 29.3 Å². The molecular formula is C19H20ClNOS. The van der Waals surface area contributed by atoms with E-state index in [0.29, 0.717) is 0 Å². The van der Waals surface area contributed by atoms with Crippen molar-refractivity contribution in [3.63, 3.8) is 0 Å². The highest BCUT2D eigenvalue weighted by Crippen LogP contribution is 2.40. The molecule has 0 saturated carbocycles. The zero-order chi connectivity index (χ0) is 16.2. The van der Waals surface area contributed by atoms with Crippen LogP contribution < -0.4 is 0 Å². The van der Waals surface area contributed by atoms with Crippen LogP contribution in [0.2, 0.25) is 5.02 Å². The van der Waals surface area contributed by atoms with Crippen LogP contribution in [0.15, 0.2) is 54.6 Å². The lowest BCUT2D eigenvalue weighted by atomic mass is 9.95. The van der Waals surface area contributed by atoms with Crippen molar-refractivity contribution in [3.05, 3.63) is 70.7 Å². The molecule has 0 spiro atoms. The largest absolute Gasteiger partial charge is 0.325 e. The highest BCUT2D eigenvalue weighted by atomic mass is 35.5. The van der Waals surface area contributed by atoms with Crippen LogP contribution in [0.5, 0.6) is 0 Å². The summed E-state index contributed by atoms with van der Waals surface area (Å²) >= 11 is 7.93. The molecule has 1 fully saturated rings. The Labute approximate surface area is 146 Å². The van der Waals surface area contributed by atoms with E-state index >= 15 is 0 Å². The van der Waals surface area contributed by atoms with Crippen molar-refractivity contribution < 1.29 is 4.79 Å². The van der Waals surface area contributed by atoms with E-state index in [4.69, 9.17) is 11.6 Å². The molecule has 1 aliphatic heterocycles. The van der Waals surface area contributed by atoms with Crippen LogP contribution in [-0.4, -0.2) is 23.1 Å². The number of carbonyl (C=O) groups excluding carboxylic acids is 1. The molecule has 23 heavy (non-hydrogen) atoms. The molecule has 1 heterocycles. The first-order valence-corrected chi connectivity index (χ1v) is 9.36. The number of benzene rings is 2. The van der Waals surface area contributed by atoms with Gasteiger partial charge in [-0.15, -0.1) is 11.8 Å². The van der Waals surface area contributed by atoms with Gasteiger partial charge >= 0.3 is 0 Å². The molecule has 2 aromatic rings. The van der Waals surface area contributed by atoms with Gasteiger partial charge in [-0.05, 0) is 29.7 Å². The lowest BCUT2D eigenvalue weighted by Crippen LogP contribution is -2.34. The topological polar surface area (TPSA) is 20.3 Å². The number of hydrogen-bond donors (Lipinski definition) is 0. The maximum absolute atomic E-state index is 13.1. The van der Waals surface area contributed by atoms with E-state index in [2.05, 4.69) is 13.0 Å². The van der Waals surface area contributed by atoms with E-state index in [-0.39, 0.29) is 17.2 Å². The molecule has 0 aromatic heterocycles. The van der Waals surface area contributed by atoms with Crippen LogP contribution >= 0.6 is 23.4 Å². The Balaban J connectivity index is 1.85. The summed E-state index contributed by atoms with van der Waals surface area (Å²) in [6, 6.07) is 17.9. The monoisotopic (exact) mass is 345 g/mol. The third kappa shape index (κ3) is 3.56. The number of thioether (sulfide) groups is 1. The lowest BCUT2D eigenvalue weighted by Gasteiger charge is -2.28. The SMILES string of the molecule is CC[C@@H](C(=O)N1CCS[C@H]1c1cccc(Cl)c1)c1ccccc1. The van der Waals surface area contributed by atoms with Crippen molar-refractivity contribution in [2.75, 3.05) is 12.3 Å². The Hall–Kier alpha value is -1.45. The summed E-state index contributed by atoms with van der Waals surface area (Å²) in [5.41, 5.74) is 2.21. The van der Waals surface area contributed by atoms with Gasteiger partial charge in [-0.2, -0.15) is 0 Å². The summed E-state index contributed by atoms with van der Waals surface area (Å²) < 4.78 is 0. The minimum absolute atomic E-state index is 0.0685. The van der Waals surface area contributed by atoms with E-state index in [0.717, 1.165) is 34.9 Å². The van der Waals surface area contributed by atoms with Crippen molar-refractivity contribution in [3.8, 4) is 0 Å². The molecule has 0 bridgehead atoms. The van der Waals surface area contributed by atoms with Crippen LogP contribution in [0.25, 0.3) is 0 Å². The third-order valence-electron chi connectivity index (χ3n) is 4.22. The Morgan fingerprint density at radius 3 is 2.74 bits per heavy atom. The van der Waals surface area contributed by atoms with Gasteiger partial charge in [0.25, 0.3) is 0 Å². The van der Waals surface area contributed by atoms with Crippen molar-refractivity contribution in [1.29, 1.82) is 0 Å². The molecule has 0 aliphatic carbocycles. The normalized spacial score (nSPS) is 18.9. The Kier molecular flexibility index (Phi) is 5.29.